The van der Waals surface area contributed by atoms with Crippen LogP contribution in [-0.2, 0) is 0 Å². The van der Waals surface area contributed by atoms with E-state index >= 15 is 0 Å². The topological polar surface area (TPSA) is 30.0 Å². The minimum Gasteiger partial charge on any atom is -0.298 e. The van der Waals surface area contributed by atoms with E-state index in [1.165, 1.54) is 0 Å². The van der Waals surface area contributed by atoms with Gasteiger partial charge in [0.1, 0.15) is 6.29 Å². The van der Waals surface area contributed by atoms with Crippen molar-refractivity contribution < 1.29 is 4.79 Å². The van der Waals surface area contributed by atoms with Gasteiger partial charge in [0.2, 0.25) is 0 Å². The van der Waals surface area contributed by atoms with Gasteiger partial charge in [0.15, 0.2) is 0 Å². The average Bonchev–Trinajstić information content (AvgIpc) is 2.53. The third-order valence-electron chi connectivity index (χ3n) is 3.14. The minimum atomic E-state index is 0.686. The maximum Gasteiger partial charge on any atom is 0.150 e. The lowest BCUT2D eigenvalue weighted by molar-refractivity contribution is 0.112. The monoisotopic (exact) mass is 259 g/mol. The molecule has 0 bridgehead atoms. The number of para-hydroxylation sites is 1. The van der Waals surface area contributed by atoms with Crippen molar-refractivity contribution in [3.05, 3.63) is 77.5 Å². The number of benzene rings is 2. The molecular formula is C18H13NO. The van der Waals surface area contributed by atoms with E-state index in [-0.39, 0.29) is 0 Å². The highest BCUT2D eigenvalue weighted by molar-refractivity contribution is 5.81. The Kier molecular flexibility index (Phi) is 3.38. The molecule has 0 saturated carbocycles. The molecule has 0 amide bonds. The summed E-state index contributed by atoms with van der Waals surface area (Å²) in [7, 11) is 0. The van der Waals surface area contributed by atoms with Gasteiger partial charge in [-0.2, -0.15) is 0 Å². The summed E-state index contributed by atoms with van der Waals surface area (Å²) >= 11 is 0. The molecule has 0 aliphatic carbocycles. The van der Waals surface area contributed by atoms with Crippen LogP contribution in [0, 0.1) is 0 Å². The second kappa shape index (κ2) is 5.49. The number of carbonyl (C=O) groups is 1. The van der Waals surface area contributed by atoms with Gasteiger partial charge in [-0.05, 0) is 23.8 Å². The quantitative estimate of drug-likeness (QED) is 0.659. The number of carbonyl (C=O) groups excluding carboxylic acids is 1. The highest BCUT2D eigenvalue weighted by atomic mass is 16.1. The van der Waals surface area contributed by atoms with Crippen molar-refractivity contribution in [2.75, 3.05) is 0 Å². The first-order valence-electron chi connectivity index (χ1n) is 6.44. The lowest BCUT2D eigenvalue weighted by Crippen LogP contribution is -1.83. The molecule has 2 nitrogen and oxygen atoms in total. The number of hydrogen-bond donors (Lipinski definition) is 0. The zero-order valence-corrected chi connectivity index (χ0v) is 10.9. The first-order valence-corrected chi connectivity index (χ1v) is 6.44. The number of aromatic nitrogens is 1. The summed E-state index contributed by atoms with van der Waals surface area (Å²) in [4.78, 5) is 15.2. The minimum absolute atomic E-state index is 0.686. The van der Waals surface area contributed by atoms with E-state index in [4.69, 9.17) is 0 Å². The Hall–Kier alpha value is -2.74. The molecule has 3 rings (SSSR count). The largest absolute Gasteiger partial charge is 0.298 e. The molecule has 0 atom stereocenters. The van der Waals surface area contributed by atoms with Crippen LogP contribution in [0.5, 0.6) is 0 Å². The Morgan fingerprint density at radius 1 is 0.750 bits per heavy atom. The van der Waals surface area contributed by atoms with Crippen LogP contribution in [0.15, 0.2) is 60.7 Å². The number of rotatable bonds is 3. The van der Waals surface area contributed by atoms with Crippen LogP contribution < -0.4 is 0 Å². The van der Waals surface area contributed by atoms with Crippen LogP contribution >= 0.6 is 0 Å². The fourth-order valence-corrected chi connectivity index (χ4v) is 2.04. The summed E-state index contributed by atoms with van der Waals surface area (Å²) in [5.74, 6) is 0. The second-order valence-electron chi connectivity index (χ2n) is 4.55. The average molecular weight is 259 g/mol. The third-order valence-corrected chi connectivity index (χ3v) is 3.14. The van der Waals surface area contributed by atoms with Gasteiger partial charge in [0, 0.05) is 10.9 Å². The smallest absolute Gasteiger partial charge is 0.150 e. The molecule has 20 heavy (non-hydrogen) atoms. The molecule has 0 saturated heterocycles. The third kappa shape index (κ3) is 2.64. The first kappa shape index (κ1) is 12.3. The fourth-order valence-electron chi connectivity index (χ4n) is 2.04. The Balaban J connectivity index is 1.87. The summed E-state index contributed by atoms with van der Waals surface area (Å²) < 4.78 is 0. The highest BCUT2D eigenvalue weighted by Gasteiger charge is 1.95. The zero-order valence-electron chi connectivity index (χ0n) is 10.9. The van der Waals surface area contributed by atoms with Gasteiger partial charge >= 0.3 is 0 Å². The van der Waals surface area contributed by atoms with E-state index in [0.717, 1.165) is 28.4 Å². The summed E-state index contributed by atoms with van der Waals surface area (Å²) in [5.41, 5.74) is 3.64. The molecule has 3 aromatic rings. The van der Waals surface area contributed by atoms with E-state index in [2.05, 4.69) is 11.1 Å². The van der Waals surface area contributed by atoms with Crippen molar-refractivity contribution in [1.82, 2.24) is 4.98 Å². The summed E-state index contributed by atoms with van der Waals surface area (Å²) in [5, 5.41) is 1.14. The standard InChI is InChI=1S/C18H13NO/c20-13-15-7-5-14(6-8-15)9-11-17-12-10-16-3-1-2-4-18(16)19-17/h1-13H. The SMILES string of the molecule is O=Cc1ccc(C=Cc2ccc3ccccc3n2)cc1. The normalized spacial score (nSPS) is 11.0. The molecule has 96 valence electrons. The Morgan fingerprint density at radius 3 is 2.30 bits per heavy atom. The molecule has 0 radical (unpaired) electrons. The molecule has 2 heteroatoms. The number of hydrogen-bond acceptors (Lipinski definition) is 2. The second-order valence-corrected chi connectivity index (χ2v) is 4.55. The summed E-state index contributed by atoms with van der Waals surface area (Å²) in [6.45, 7) is 0. The predicted molar refractivity (Wildman–Crippen MR) is 82.5 cm³/mol. The number of aldehydes is 1. The van der Waals surface area contributed by atoms with Gasteiger partial charge in [0.25, 0.3) is 0 Å². The van der Waals surface area contributed by atoms with Crippen molar-refractivity contribution in [2.24, 2.45) is 0 Å². The lowest BCUT2D eigenvalue weighted by atomic mass is 10.1. The summed E-state index contributed by atoms with van der Waals surface area (Å²) in [6.07, 6.45) is 4.81. The van der Waals surface area contributed by atoms with Gasteiger partial charge in [-0.15, -0.1) is 0 Å². The molecule has 0 aliphatic rings. The van der Waals surface area contributed by atoms with Gasteiger partial charge in [-0.25, -0.2) is 4.98 Å². The molecule has 0 spiro atoms. The van der Waals surface area contributed by atoms with Crippen LogP contribution in [0.2, 0.25) is 0 Å². The molecule has 2 aromatic carbocycles. The fraction of sp³-hybridized carbons (Fsp3) is 0. The number of nitrogens with zero attached hydrogens (tertiary/aromatic N) is 1. The van der Waals surface area contributed by atoms with Crippen LogP contribution in [0.4, 0.5) is 0 Å². The van der Waals surface area contributed by atoms with E-state index < -0.39 is 0 Å². The molecule has 0 N–H and O–H groups in total. The predicted octanol–water partition coefficient (Wildman–Crippen LogP) is 4.22. The van der Waals surface area contributed by atoms with Crippen LogP contribution in [-0.4, -0.2) is 11.3 Å². The van der Waals surface area contributed by atoms with Crippen LogP contribution in [0.25, 0.3) is 23.1 Å². The van der Waals surface area contributed by atoms with Gasteiger partial charge in [-0.3, -0.25) is 4.79 Å². The zero-order chi connectivity index (χ0) is 13.8. The van der Waals surface area contributed by atoms with E-state index in [9.17, 15) is 4.79 Å². The maximum absolute atomic E-state index is 10.6. The molecule has 1 aromatic heterocycles. The molecule has 1 heterocycles. The van der Waals surface area contributed by atoms with Crippen molar-refractivity contribution in [3.63, 3.8) is 0 Å². The van der Waals surface area contributed by atoms with Crippen molar-refractivity contribution >= 4 is 29.3 Å². The van der Waals surface area contributed by atoms with E-state index in [1.54, 1.807) is 12.1 Å². The van der Waals surface area contributed by atoms with E-state index in [1.807, 2.05) is 54.6 Å². The Labute approximate surface area is 117 Å². The molecule has 0 fully saturated rings. The molecule has 0 unspecified atom stereocenters. The Morgan fingerprint density at radius 2 is 1.50 bits per heavy atom. The van der Waals surface area contributed by atoms with Crippen LogP contribution in [0.3, 0.4) is 0 Å². The van der Waals surface area contributed by atoms with Crippen LogP contribution in [0.1, 0.15) is 21.6 Å². The summed E-state index contributed by atoms with van der Waals surface area (Å²) in [6, 6.07) is 19.6. The molecular weight excluding hydrogens is 246 g/mol. The number of pyridine rings is 1. The van der Waals surface area contributed by atoms with Crippen molar-refractivity contribution in [1.29, 1.82) is 0 Å². The van der Waals surface area contributed by atoms with Gasteiger partial charge in [-0.1, -0.05) is 54.6 Å². The maximum atomic E-state index is 10.6. The lowest BCUT2D eigenvalue weighted by Gasteiger charge is -1.98. The van der Waals surface area contributed by atoms with E-state index in [0.29, 0.717) is 5.56 Å². The first-order chi connectivity index (χ1) is 9.85. The number of fused-ring (bicyclic) bond motifs is 1. The van der Waals surface area contributed by atoms with Crippen molar-refractivity contribution in [3.8, 4) is 0 Å². The van der Waals surface area contributed by atoms with Crippen molar-refractivity contribution in [2.45, 2.75) is 0 Å². The Bertz CT molecular complexity index is 773. The van der Waals surface area contributed by atoms with Gasteiger partial charge in [0.05, 0.1) is 11.2 Å². The van der Waals surface area contributed by atoms with Gasteiger partial charge < -0.3 is 0 Å². The molecule has 0 aliphatic heterocycles. The highest BCUT2D eigenvalue weighted by Crippen LogP contribution is 2.14.